The molecule has 0 aliphatic carbocycles. The second kappa shape index (κ2) is 12.5. The molecule has 0 aliphatic heterocycles. The van der Waals surface area contributed by atoms with E-state index in [4.69, 9.17) is 10.5 Å². The minimum absolute atomic E-state index is 0.157. The highest BCUT2D eigenvalue weighted by Crippen LogP contribution is 2.00. The molecule has 0 heterocycles. The molecular weight excluding hydrogens is 224 g/mol. The molecule has 0 rings (SSSR count). The summed E-state index contributed by atoms with van der Waals surface area (Å²) in [6.07, 6.45) is 2.54. The Morgan fingerprint density at radius 1 is 1.55 bits per heavy atom. The molecule has 0 saturated heterocycles. The van der Waals surface area contributed by atoms with Gasteiger partial charge in [0.05, 0.1) is 17.4 Å². The molecule has 1 atom stereocenters. The lowest BCUT2D eigenvalue weighted by atomic mass is 10.5. The molecule has 0 aromatic rings. The predicted octanol–water partition coefficient (Wildman–Crippen LogP) is 2.56. The maximum atomic E-state index is 8.06. The molecule has 0 saturated carbocycles. The van der Waals surface area contributed by atoms with E-state index in [-0.39, 0.29) is 5.25 Å². The van der Waals surface area contributed by atoms with E-state index in [2.05, 4.69) is 22.0 Å². The lowest BCUT2D eigenvalue weighted by Crippen LogP contribution is -1.84. The predicted molar refractivity (Wildman–Crippen MR) is 52.6 cm³/mol. The molecule has 0 aromatic carbocycles. The van der Waals surface area contributed by atoms with Gasteiger partial charge < -0.3 is 0 Å². The summed E-state index contributed by atoms with van der Waals surface area (Å²) in [4.78, 5) is 0. The Balaban J connectivity index is 0. The number of hydrogen-bond acceptors (Lipinski definition) is 3. The van der Waals surface area contributed by atoms with E-state index in [0.717, 1.165) is 5.33 Å². The summed E-state index contributed by atoms with van der Waals surface area (Å²) in [6.45, 7) is 1.88. The second-order valence-electron chi connectivity index (χ2n) is 1.60. The summed E-state index contributed by atoms with van der Waals surface area (Å²) in [5.41, 5.74) is 0. The Morgan fingerprint density at radius 2 is 2.09 bits per heavy atom. The monoisotopic (exact) mass is 234 g/mol. The molecule has 0 fully saturated rings. The third-order valence-corrected chi connectivity index (χ3v) is 1.95. The molecule has 11 heavy (non-hydrogen) atoms. The van der Waals surface area contributed by atoms with Gasteiger partial charge in [0.2, 0.25) is 0 Å². The molecule has 0 amide bonds. The molecule has 0 spiro atoms. The fourth-order valence-corrected chi connectivity index (χ4v) is 0.378. The average Bonchev–Trinajstić information content (AvgIpc) is 2.06. The molecule has 62 valence electrons. The Morgan fingerprint density at radius 3 is 2.09 bits per heavy atom. The van der Waals surface area contributed by atoms with Crippen LogP contribution in [0.5, 0.6) is 0 Å². The van der Waals surface area contributed by atoms with Crippen LogP contribution in [0.3, 0.4) is 0 Å². The highest BCUT2D eigenvalue weighted by Gasteiger charge is 1.88. The molecule has 1 unspecified atom stereocenters. The highest BCUT2D eigenvalue weighted by atomic mass is 79.9. The van der Waals surface area contributed by atoms with Crippen LogP contribution < -0.4 is 0 Å². The van der Waals surface area contributed by atoms with Crippen molar-refractivity contribution < 1.29 is 0 Å². The Hall–Kier alpha value is -0.190. The van der Waals surface area contributed by atoms with Gasteiger partial charge >= 0.3 is 0 Å². The summed E-state index contributed by atoms with van der Waals surface area (Å²) in [5, 5.41) is 16.8. The van der Waals surface area contributed by atoms with Crippen LogP contribution in [0.1, 0.15) is 13.3 Å². The molecule has 0 aliphatic rings. The van der Waals surface area contributed by atoms with E-state index >= 15 is 0 Å². The van der Waals surface area contributed by atoms with Gasteiger partial charge in [-0.3, -0.25) is 0 Å². The van der Waals surface area contributed by atoms with Crippen molar-refractivity contribution in [3.8, 4) is 12.1 Å². The zero-order chi connectivity index (χ0) is 9.11. The maximum absolute atomic E-state index is 8.06. The molecule has 0 bridgehead atoms. The van der Waals surface area contributed by atoms with E-state index in [1.54, 1.807) is 11.8 Å². The van der Waals surface area contributed by atoms with Gasteiger partial charge in [-0.05, 0) is 13.2 Å². The molecule has 0 radical (unpaired) electrons. The van der Waals surface area contributed by atoms with Crippen LogP contribution in [-0.4, -0.2) is 16.8 Å². The van der Waals surface area contributed by atoms with Crippen LogP contribution >= 0.6 is 27.7 Å². The van der Waals surface area contributed by atoms with E-state index in [1.165, 1.54) is 0 Å². The molecule has 2 nitrogen and oxygen atoms in total. The minimum Gasteiger partial charge on any atom is -0.198 e. The van der Waals surface area contributed by atoms with Gasteiger partial charge in [0, 0.05) is 11.8 Å². The zero-order valence-corrected chi connectivity index (χ0v) is 9.07. The summed E-state index contributed by atoms with van der Waals surface area (Å²) >= 11 is 4.65. The smallest absolute Gasteiger partial charge is 0.0885 e. The van der Waals surface area contributed by atoms with Crippen LogP contribution in [0, 0.1) is 22.7 Å². The van der Waals surface area contributed by atoms with Crippen molar-refractivity contribution in [1.29, 1.82) is 10.5 Å². The molecule has 4 heteroatoms. The number of hydrogen-bond donors (Lipinski definition) is 0. The highest BCUT2D eigenvalue weighted by molar-refractivity contribution is 9.09. The standard InChI is InChI=1S/C4H7NS.C3H4BrN/c1-4(3-5)6-2;4-2-1-3-5/h4H,1-2H3;1-2H2. The minimum atomic E-state index is 0.157. The van der Waals surface area contributed by atoms with Gasteiger partial charge in [0.1, 0.15) is 0 Å². The maximum Gasteiger partial charge on any atom is 0.0885 e. The van der Waals surface area contributed by atoms with Crippen molar-refractivity contribution in [3.63, 3.8) is 0 Å². The molecule has 0 aromatic heterocycles. The Kier molecular flexibility index (Phi) is 15.2. The van der Waals surface area contributed by atoms with Crippen LogP contribution in [-0.2, 0) is 0 Å². The summed E-state index contributed by atoms with van der Waals surface area (Å²) in [5.74, 6) is 0. The first-order chi connectivity index (χ1) is 5.22. The number of rotatable bonds is 2. The van der Waals surface area contributed by atoms with E-state index in [9.17, 15) is 0 Å². The first-order valence-corrected chi connectivity index (χ1v) is 5.49. The lowest BCUT2D eigenvalue weighted by Gasteiger charge is -1.87. The van der Waals surface area contributed by atoms with Gasteiger partial charge in [-0.25, -0.2) is 0 Å². The second-order valence-corrected chi connectivity index (χ2v) is 3.58. The number of nitrogens with zero attached hydrogens (tertiary/aromatic N) is 2. The molecule has 0 N–H and O–H groups in total. The van der Waals surface area contributed by atoms with E-state index < -0.39 is 0 Å². The fraction of sp³-hybridized carbons (Fsp3) is 0.714. The third-order valence-electron chi connectivity index (χ3n) is 0.742. The van der Waals surface area contributed by atoms with E-state index in [0.29, 0.717) is 6.42 Å². The topological polar surface area (TPSA) is 47.6 Å². The average molecular weight is 235 g/mol. The number of halogens is 1. The third kappa shape index (κ3) is 17.7. The van der Waals surface area contributed by atoms with Crippen LogP contribution in [0.2, 0.25) is 0 Å². The van der Waals surface area contributed by atoms with Crippen LogP contribution in [0.25, 0.3) is 0 Å². The van der Waals surface area contributed by atoms with Crippen molar-refractivity contribution in [1.82, 2.24) is 0 Å². The van der Waals surface area contributed by atoms with Crippen molar-refractivity contribution in [2.45, 2.75) is 18.6 Å². The van der Waals surface area contributed by atoms with Crippen LogP contribution in [0.4, 0.5) is 0 Å². The Bertz CT molecular complexity index is 148. The molecular formula is C7H11BrN2S. The van der Waals surface area contributed by atoms with Crippen molar-refractivity contribution in [2.75, 3.05) is 11.6 Å². The van der Waals surface area contributed by atoms with Gasteiger partial charge in [0.25, 0.3) is 0 Å². The number of alkyl halides is 1. The SMILES string of the molecule is CSC(C)C#N.N#CCCBr. The van der Waals surface area contributed by atoms with Gasteiger partial charge in [-0.15, -0.1) is 11.8 Å². The fourth-order valence-electron chi connectivity index (χ4n) is 0.0950. The van der Waals surface area contributed by atoms with Crippen molar-refractivity contribution >= 4 is 27.7 Å². The van der Waals surface area contributed by atoms with Gasteiger partial charge in [-0.1, -0.05) is 15.9 Å². The van der Waals surface area contributed by atoms with Crippen molar-refractivity contribution in [3.05, 3.63) is 0 Å². The Labute approximate surface area is 80.7 Å². The van der Waals surface area contributed by atoms with Gasteiger partial charge in [0.15, 0.2) is 0 Å². The van der Waals surface area contributed by atoms with Gasteiger partial charge in [-0.2, -0.15) is 10.5 Å². The quantitative estimate of drug-likeness (QED) is 0.691. The first-order valence-electron chi connectivity index (χ1n) is 3.08. The zero-order valence-electron chi connectivity index (χ0n) is 6.67. The summed E-state index contributed by atoms with van der Waals surface area (Å²) in [7, 11) is 0. The van der Waals surface area contributed by atoms with Crippen LogP contribution in [0.15, 0.2) is 0 Å². The lowest BCUT2D eigenvalue weighted by molar-refractivity contribution is 1.25. The summed E-state index contributed by atoms with van der Waals surface area (Å²) in [6, 6.07) is 4.05. The largest absolute Gasteiger partial charge is 0.198 e. The first kappa shape index (κ1) is 13.4. The number of nitriles is 2. The normalized spacial score (nSPS) is 9.91. The number of thioether (sulfide) groups is 1. The van der Waals surface area contributed by atoms with Crippen molar-refractivity contribution in [2.24, 2.45) is 0 Å². The van der Waals surface area contributed by atoms with E-state index in [1.807, 2.05) is 19.2 Å². The summed E-state index contributed by atoms with van der Waals surface area (Å²) < 4.78 is 0.